The van der Waals surface area contributed by atoms with Crippen LogP contribution in [0.5, 0.6) is 0 Å². The van der Waals surface area contributed by atoms with E-state index in [2.05, 4.69) is 5.32 Å². The van der Waals surface area contributed by atoms with Crippen molar-refractivity contribution in [1.29, 1.82) is 0 Å². The number of ether oxygens (including phenoxy) is 1. The van der Waals surface area contributed by atoms with Crippen LogP contribution < -0.4 is 5.32 Å². The Labute approximate surface area is 177 Å². The average molecular weight is 427 g/mol. The molecular weight excluding hydrogens is 405 g/mol. The van der Waals surface area contributed by atoms with Gasteiger partial charge in [-0.2, -0.15) is 0 Å². The van der Waals surface area contributed by atoms with E-state index in [1.807, 2.05) is 0 Å². The second-order valence-electron chi connectivity index (χ2n) is 8.12. The molecule has 3 saturated heterocycles. The number of nitrogens with zero attached hydrogens (tertiary/aromatic N) is 2. The maximum absolute atomic E-state index is 13.2. The van der Waals surface area contributed by atoms with Gasteiger partial charge in [0.05, 0.1) is 25.0 Å². The molecule has 31 heavy (non-hydrogen) atoms. The van der Waals surface area contributed by atoms with Crippen LogP contribution in [-0.2, 0) is 20.9 Å². The smallest absolute Gasteiger partial charge is 0.287 e. The minimum atomic E-state index is -0.710. The molecule has 3 aliphatic rings. The van der Waals surface area contributed by atoms with E-state index in [4.69, 9.17) is 9.15 Å². The average Bonchev–Trinajstić information content (AvgIpc) is 3.51. The Hall–Kier alpha value is -3.20. The summed E-state index contributed by atoms with van der Waals surface area (Å²) in [7, 11) is 0. The first-order chi connectivity index (χ1) is 15.0. The Kier molecular flexibility index (Phi) is 4.97. The molecule has 0 spiro atoms. The zero-order valence-electron chi connectivity index (χ0n) is 16.7. The number of furan rings is 1. The molecule has 5 rings (SSSR count). The van der Waals surface area contributed by atoms with Crippen molar-refractivity contribution in [2.45, 2.75) is 43.7 Å². The quantitative estimate of drug-likeness (QED) is 0.777. The van der Waals surface area contributed by atoms with Gasteiger partial charge in [-0.25, -0.2) is 4.39 Å². The fourth-order valence-electron chi connectivity index (χ4n) is 4.70. The number of halogens is 1. The summed E-state index contributed by atoms with van der Waals surface area (Å²) in [6.45, 7) is 1.02. The third kappa shape index (κ3) is 3.59. The van der Waals surface area contributed by atoms with Gasteiger partial charge in [0.15, 0.2) is 5.76 Å². The van der Waals surface area contributed by atoms with Crippen LogP contribution >= 0.6 is 0 Å². The minimum absolute atomic E-state index is 0.104. The number of hydrogen-bond acceptors (Lipinski definition) is 5. The van der Waals surface area contributed by atoms with Crippen LogP contribution in [0.1, 0.15) is 29.0 Å². The molecule has 4 heterocycles. The van der Waals surface area contributed by atoms with Crippen molar-refractivity contribution >= 4 is 17.7 Å². The number of nitrogens with one attached hydrogen (secondary N) is 1. The number of carbonyl (C=O) groups excluding carboxylic acids is 3. The summed E-state index contributed by atoms with van der Waals surface area (Å²) in [5, 5.41) is 2.84. The molecule has 4 atom stereocenters. The number of fused-ring (bicyclic) bond motifs is 2. The Morgan fingerprint density at radius 1 is 1.16 bits per heavy atom. The highest BCUT2D eigenvalue weighted by Gasteiger charge is 2.55. The number of amides is 3. The monoisotopic (exact) mass is 427 g/mol. The van der Waals surface area contributed by atoms with Crippen LogP contribution in [0.25, 0.3) is 0 Å². The van der Waals surface area contributed by atoms with E-state index in [-0.39, 0.29) is 36.1 Å². The summed E-state index contributed by atoms with van der Waals surface area (Å²) < 4.78 is 24.1. The molecule has 1 N–H and O–H groups in total. The summed E-state index contributed by atoms with van der Waals surface area (Å²) in [5.74, 6) is -0.818. The van der Waals surface area contributed by atoms with Crippen LogP contribution in [0.15, 0.2) is 47.1 Å². The zero-order valence-corrected chi connectivity index (χ0v) is 16.7. The Morgan fingerprint density at radius 3 is 2.71 bits per heavy atom. The van der Waals surface area contributed by atoms with Gasteiger partial charge in [-0.3, -0.25) is 14.4 Å². The highest BCUT2D eigenvalue weighted by Crippen LogP contribution is 2.33. The third-order valence-corrected chi connectivity index (χ3v) is 6.23. The lowest BCUT2D eigenvalue weighted by molar-refractivity contribution is -0.157. The van der Waals surface area contributed by atoms with E-state index >= 15 is 0 Å². The molecule has 0 aliphatic carbocycles. The minimum Gasteiger partial charge on any atom is -0.459 e. The van der Waals surface area contributed by atoms with Crippen LogP contribution in [0.2, 0.25) is 0 Å². The molecule has 8 nitrogen and oxygen atoms in total. The topological polar surface area (TPSA) is 92.1 Å². The number of benzene rings is 1. The SMILES string of the molecule is O=C(N[C@H]1CCN2C(=O)[C@@H]3C[C@@H](OCc4ccc(F)cc4)CN3C(=O)[C@H]12)c1ccco1. The summed E-state index contributed by atoms with van der Waals surface area (Å²) in [4.78, 5) is 41.8. The van der Waals surface area contributed by atoms with E-state index in [1.165, 1.54) is 18.4 Å². The predicted octanol–water partition coefficient (Wildman–Crippen LogP) is 1.32. The lowest BCUT2D eigenvalue weighted by atomic mass is 10.0. The van der Waals surface area contributed by atoms with Gasteiger partial charge >= 0.3 is 0 Å². The zero-order chi connectivity index (χ0) is 21.5. The van der Waals surface area contributed by atoms with Crippen LogP contribution in [0.3, 0.4) is 0 Å². The Balaban J connectivity index is 1.25. The second-order valence-corrected chi connectivity index (χ2v) is 8.12. The largest absolute Gasteiger partial charge is 0.459 e. The number of carbonyl (C=O) groups is 3. The first-order valence-corrected chi connectivity index (χ1v) is 10.3. The molecule has 3 fully saturated rings. The number of rotatable bonds is 5. The highest BCUT2D eigenvalue weighted by molar-refractivity contribution is 5.99. The predicted molar refractivity (Wildman–Crippen MR) is 105 cm³/mol. The first kappa shape index (κ1) is 19.7. The summed E-state index contributed by atoms with van der Waals surface area (Å²) in [6, 6.07) is 7.49. The normalized spacial score (nSPS) is 27.4. The Bertz CT molecular complexity index is 993. The molecule has 3 amide bonds. The maximum atomic E-state index is 13.2. The van der Waals surface area contributed by atoms with Gasteiger partial charge in [0.1, 0.15) is 17.9 Å². The maximum Gasteiger partial charge on any atom is 0.287 e. The van der Waals surface area contributed by atoms with E-state index in [0.29, 0.717) is 25.9 Å². The van der Waals surface area contributed by atoms with Crippen molar-refractivity contribution in [1.82, 2.24) is 15.1 Å². The molecule has 1 aromatic heterocycles. The highest BCUT2D eigenvalue weighted by atomic mass is 19.1. The fourth-order valence-corrected chi connectivity index (χ4v) is 4.70. The summed E-state index contributed by atoms with van der Waals surface area (Å²) in [5.41, 5.74) is 0.824. The van der Waals surface area contributed by atoms with Gasteiger partial charge in [-0.1, -0.05) is 12.1 Å². The molecule has 9 heteroatoms. The first-order valence-electron chi connectivity index (χ1n) is 10.3. The van der Waals surface area contributed by atoms with Gasteiger partial charge in [-0.05, 0) is 36.2 Å². The van der Waals surface area contributed by atoms with Crippen LogP contribution in [-0.4, -0.2) is 64.8 Å². The Morgan fingerprint density at radius 2 is 1.97 bits per heavy atom. The third-order valence-electron chi connectivity index (χ3n) is 6.23. The van der Waals surface area contributed by atoms with Crippen molar-refractivity contribution in [2.24, 2.45) is 0 Å². The summed E-state index contributed by atoms with van der Waals surface area (Å²) in [6.07, 6.45) is 2.07. The van der Waals surface area contributed by atoms with Crippen molar-refractivity contribution in [3.05, 3.63) is 59.8 Å². The molecule has 2 aromatic rings. The van der Waals surface area contributed by atoms with Gasteiger partial charge in [0.25, 0.3) is 5.91 Å². The van der Waals surface area contributed by atoms with Crippen LogP contribution in [0, 0.1) is 5.82 Å². The molecule has 1 aromatic carbocycles. The van der Waals surface area contributed by atoms with Gasteiger partial charge in [0.2, 0.25) is 11.8 Å². The van der Waals surface area contributed by atoms with E-state index < -0.39 is 24.0 Å². The molecule has 0 radical (unpaired) electrons. The summed E-state index contributed by atoms with van der Waals surface area (Å²) >= 11 is 0. The standard InChI is InChI=1S/C22H22FN3O5/c23-14-5-3-13(4-6-14)12-31-15-10-17-21(28)25-8-7-16(19(25)22(29)26(17)11-15)24-20(27)18-2-1-9-30-18/h1-6,9,15-17,19H,7-8,10-12H2,(H,24,27)/t15-,16+,17+,19+/m1/s1. The van der Waals surface area contributed by atoms with Crippen molar-refractivity contribution in [3.8, 4) is 0 Å². The molecule has 162 valence electrons. The van der Waals surface area contributed by atoms with Crippen molar-refractivity contribution in [2.75, 3.05) is 13.1 Å². The number of hydrogen-bond donors (Lipinski definition) is 1. The number of piperazine rings is 1. The van der Waals surface area contributed by atoms with Crippen molar-refractivity contribution < 1.29 is 27.9 Å². The van der Waals surface area contributed by atoms with Crippen molar-refractivity contribution in [3.63, 3.8) is 0 Å². The van der Waals surface area contributed by atoms with E-state index in [9.17, 15) is 18.8 Å². The molecular formula is C22H22FN3O5. The van der Waals surface area contributed by atoms with E-state index in [1.54, 1.807) is 34.1 Å². The van der Waals surface area contributed by atoms with Gasteiger partial charge in [0, 0.05) is 19.5 Å². The molecule has 0 unspecified atom stereocenters. The van der Waals surface area contributed by atoms with Gasteiger partial charge in [-0.15, -0.1) is 0 Å². The molecule has 0 saturated carbocycles. The molecule has 0 bridgehead atoms. The van der Waals surface area contributed by atoms with E-state index in [0.717, 1.165) is 5.56 Å². The lowest BCUT2D eigenvalue weighted by Crippen LogP contribution is -2.64. The second kappa shape index (κ2) is 7.81. The molecule has 3 aliphatic heterocycles. The lowest BCUT2D eigenvalue weighted by Gasteiger charge is -2.40. The van der Waals surface area contributed by atoms with Crippen LogP contribution in [0.4, 0.5) is 4.39 Å². The fraction of sp³-hybridized carbons (Fsp3) is 0.409. The van der Waals surface area contributed by atoms with Gasteiger partial charge < -0.3 is 24.3 Å².